The number of hydrogen-bond acceptors (Lipinski definition) is 5. The van der Waals surface area contributed by atoms with Gasteiger partial charge in [-0.2, -0.15) is 0 Å². The molecule has 2 aromatic carbocycles. The van der Waals surface area contributed by atoms with Gasteiger partial charge in [-0.25, -0.2) is 4.39 Å². The predicted molar refractivity (Wildman–Crippen MR) is 114 cm³/mol. The fourth-order valence-corrected chi connectivity index (χ4v) is 3.69. The van der Waals surface area contributed by atoms with Gasteiger partial charge in [0.15, 0.2) is 0 Å². The van der Waals surface area contributed by atoms with Crippen molar-refractivity contribution < 1.29 is 24.1 Å². The maximum atomic E-state index is 13.9. The third-order valence-corrected chi connectivity index (χ3v) is 5.59. The normalized spacial score (nSPS) is 15.6. The van der Waals surface area contributed by atoms with Crippen LogP contribution in [0, 0.1) is 5.82 Å². The molecule has 29 heavy (non-hydrogen) atoms. The van der Waals surface area contributed by atoms with Crippen molar-refractivity contribution in [3.05, 3.63) is 70.5 Å². The van der Waals surface area contributed by atoms with E-state index in [1.807, 2.05) is 43.5 Å². The first-order chi connectivity index (χ1) is 13.9. The van der Waals surface area contributed by atoms with Crippen LogP contribution >= 0.6 is 11.8 Å². The van der Waals surface area contributed by atoms with E-state index in [1.165, 1.54) is 17.0 Å². The molecular weight excluding hydrogens is 391 g/mol. The molecule has 3 rings (SSSR count). The molecule has 0 aromatic heterocycles. The van der Waals surface area contributed by atoms with Crippen LogP contribution in [-0.4, -0.2) is 41.8 Å². The Morgan fingerprint density at radius 1 is 1.21 bits per heavy atom. The SMILES string of the molecule is CSc1ccc(/C=C2/C(C)=C(CC(=O)OCC(O)CO)c3cc(F)ccc32)cc1. The number of aliphatic hydroxyl groups is 2. The van der Waals surface area contributed by atoms with E-state index >= 15 is 0 Å². The number of esters is 1. The van der Waals surface area contributed by atoms with Crippen LogP contribution in [0.25, 0.3) is 17.2 Å². The van der Waals surface area contributed by atoms with E-state index in [1.54, 1.807) is 17.8 Å². The molecule has 0 spiro atoms. The molecule has 6 heteroatoms. The third-order valence-electron chi connectivity index (χ3n) is 4.85. The van der Waals surface area contributed by atoms with Gasteiger partial charge in [0, 0.05) is 4.90 Å². The summed E-state index contributed by atoms with van der Waals surface area (Å²) in [6, 6.07) is 12.7. The molecule has 4 nitrogen and oxygen atoms in total. The van der Waals surface area contributed by atoms with Crippen LogP contribution in [0.4, 0.5) is 4.39 Å². The maximum Gasteiger partial charge on any atom is 0.310 e. The van der Waals surface area contributed by atoms with Gasteiger partial charge >= 0.3 is 5.97 Å². The molecule has 0 amide bonds. The molecule has 2 aromatic rings. The number of aliphatic hydroxyl groups excluding tert-OH is 2. The minimum atomic E-state index is -1.11. The highest BCUT2D eigenvalue weighted by atomic mass is 32.2. The summed E-state index contributed by atoms with van der Waals surface area (Å²) in [5.74, 6) is -0.906. The Labute approximate surface area is 173 Å². The lowest BCUT2D eigenvalue weighted by atomic mass is 10.0. The van der Waals surface area contributed by atoms with Crippen molar-refractivity contribution in [1.29, 1.82) is 0 Å². The summed E-state index contributed by atoms with van der Waals surface area (Å²) in [4.78, 5) is 13.4. The summed E-state index contributed by atoms with van der Waals surface area (Å²) in [7, 11) is 0. The van der Waals surface area contributed by atoms with Crippen molar-refractivity contribution in [1.82, 2.24) is 0 Å². The summed E-state index contributed by atoms with van der Waals surface area (Å²) in [6.45, 7) is 1.15. The summed E-state index contributed by atoms with van der Waals surface area (Å²) in [6.07, 6.45) is 2.90. The Kier molecular flexibility index (Phi) is 6.90. The maximum absolute atomic E-state index is 13.9. The first-order valence-corrected chi connectivity index (χ1v) is 10.5. The Morgan fingerprint density at radius 3 is 2.59 bits per heavy atom. The Balaban J connectivity index is 1.93. The van der Waals surface area contributed by atoms with E-state index in [4.69, 9.17) is 9.84 Å². The Morgan fingerprint density at radius 2 is 1.93 bits per heavy atom. The third kappa shape index (κ3) is 4.96. The van der Waals surface area contributed by atoms with Gasteiger partial charge in [-0.15, -0.1) is 11.8 Å². The summed E-state index contributed by atoms with van der Waals surface area (Å²) < 4.78 is 18.9. The number of rotatable bonds is 7. The Hall–Kier alpha value is -2.41. The molecule has 1 aliphatic carbocycles. The number of benzene rings is 2. The van der Waals surface area contributed by atoms with Gasteiger partial charge in [0.25, 0.3) is 0 Å². The fraction of sp³-hybridized carbons (Fsp3) is 0.261. The zero-order valence-electron chi connectivity index (χ0n) is 16.3. The van der Waals surface area contributed by atoms with Crippen molar-refractivity contribution in [2.24, 2.45) is 0 Å². The molecule has 1 aliphatic rings. The lowest BCUT2D eigenvalue weighted by Crippen LogP contribution is -2.22. The zero-order chi connectivity index (χ0) is 21.0. The minimum Gasteiger partial charge on any atom is -0.463 e. The van der Waals surface area contributed by atoms with E-state index in [0.29, 0.717) is 11.1 Å². The van der Waals surface area contributed by atoms with Crippen LogP contribution in [0.3, 0.4) is 0 Å². The zero-order valence-corrected chi connectivity index (χ0v) is 17.1. The van der Waals surface area contributed by atoms with Crippen molar-refractivity contribution >= 4 is 35.0 Å². The van der Waals surface area contributed by atoms with Gasteiger partial charge < -0.3 is 14.9 Å². The highest BCUT2D eigenvalue weighted by Gasteiger charge is 2.26. The number of thioether (sulfide) groups is 1. The second-order valence-electron chi connectivity index (χ2n) is 6.82. The van der Waals surface area contributed by atoms with Crippen molar-refractivity contribution in [2.75, 3.05) is 19.5 Å². The molecule has 0 saturated carbocycles. The lowest BCUT2D eigenvalue weighted by Gasteiger charge is -2.10. The van der Waals surface area contributed by atoms with Gasteiger partial charge in [-0.05, 0) is 76.9 Å². The second-order valence-corrected chi connectivity index (χ2v) is 7.70. The van der Waals surface area contributed by atoms with Gasteiger partial charge in [0.05, 0.1) is 13.0 Å². The molecular formula is C23H23FO4S. The summed E-state index contributed by atoms with van der Waals surface area (Å²) >= 11 is 1.67. The number of fused-ring (bicyclic) bond motifs is 1. The largest absolute Gasteiger partial charge is 0.463 e. The number of ether oxygens (including phenoxy) is 1. The van der Waals surface area contributed by atoms with Crippen LogP contribution in [0.5, 0.6) is 0 Å². The number of allylic oxidation sites excluding steroid dienone is 2. The van der Waals surface area contributed by atoms with Crippen molar-refractivity contribution in [3.63, 3.8) is 0 Å². The minimum absolute atomic E-state index is 0.0385. The number of carbonyl (C=O) groups is 1. The molecule has 0 bridgehead atoms. The quantitative estimate of drug-likeness (QED) is 0.526. The van der Waals surface area contributed by atoms with Crippen LogP contribution in [0.1, 0.15) is 30.0 Å². The van der Waals surface area contributed by atoms with E-state index in [9.17, 15) is 14.3 Å². The van der Waals surface area contributed by atoms with Crippen LogP contribution in [-0.2, 0) is 9.53 Å². The predicted octanol–water partition coefficient (Wildman–Crippen LogP) is 4.16. The van der Waals surface area contributed by atoms with Gasteiger partial charge in [0.1, 0.15) is 18.5 Å². The van der Waals surface area contributed by atoms with Gasteiger partial charge in [0.2, 0.25) is 0 Å². The van der Waals surface area contributed by atoms with Crippen molar-refractivity contribution in [3.8, 4) is 0 Å². The average Bonchev–Trinajstić information content (AvgIpc) is 2.97. The number of halogens is 1. The highest BCUT2D eigenvalue weighted by Crippen LogP contribution is 2.44. The molecule has 0 heterocycles. The molecule has 0 fully saturated rings. The van der Waals surface area contributed by atoms with Gasteiger partial charge in [-0.3, -0.25) is 4.79 Å². The molecule has 1 atom stereocenters. The highest BCUT2D eigenvalue weighted by molar-refractivity contribution is 7.98. The monoisotopic (exact) mass is 414 g/mol. The lowest BCUT2D eigenvalue weighted by molar-refractivity contribution is -0.146. The van der Waals surface area contributed by atoms with Crippen LogP contribution < -0.4 is 0 Å². The van der Waals surface area contributed by atoms with Crippen LogP contribution in [0.2, 0.25) is 0 Å². The molecule has 2 N–H and O–H groups in total. The Bertz CT molecular complexity index is 963. The van der Waals surface area contributed by atoms with E-state index in [2.05, 4.69) is 0 Å². The average molecular weight is 414 g/mol. The fourth-order valence-electron chi connectivity index (χ4n) is 3.29. The first-order valence-electron chi connectivity index (χ1n) is 9.23. The van der Waals surface area contributed by atoms with Crippen molar-refractivity contribution in [2.45, 2.75) is 24.3 Å². The topological polar surface area (TPSA) is 66.8 Å². The molecule has 152 valence electrons. The molecule has 0 radical (unpaired) electrons. The molecule has 1 unspecified atom stereocenters. The summed E-state index contributed by atoms with van der Waals surface area (Å²) in [5, 5.41) is 18.2. The van der Waals surface area contributed by atoms with E-state index < -0.39 is 18.7 Å². The standard InChI is InChI=1S/C23H23FO4S/c1-14-20(9-15-3-6-18(29-2)7-4-15)19-8-5-16(24)10-22(19)21(14)11-23(27)28-13-17(26)12-25/h3-10,17,25-26H,11-13H2,1-2H3/b20-9-. The summed E-state index contributed by atoms with van der Waals surface area (Å²) in [5.41, 5.74) is 5.09. The number of carbonyl (C=O) groups excluding carboxylic acids is 1. The van der Waals surface area contributed by atoms with Gasteiger partial charge in [-0.1, -0.05) is 18.2 Å². The van der Waals surface area contributed by atoms with Crippen LogP contribution in [0.15, 0.2) is 52.9 Å². The smallest absolute Gasteiger partial charge is 0.310 e. The van der Waals surface area contributed by atoms with E-state index in [0.717, 1.165) is 22.3 Å². The molecule has 0 saturated heterocycles. The number of hydrogen-bond donors (Lipinski definition) is 2. The second kappa shape index (κ2) is 9.39. The van der Waals surface area contributed by atoms with E-state index in [-0.39, 0.29) is 18.8 Å². The first kappa shape index (κ1) is 21.3. The molecule has 0 aliphatic heterocycles.